The van der Waals surface area contributed by atoms with Crippen molar-refractivity contribution in [3.63, 3.8) is 0 Å². The lowest BCUT2D eigenvalue weighted by Gasteiger charge is -2.31. The number of benzene rings is 1. The van der Waals surface area contributed by atoms with Gasteiger partial charge < -0.3 is 10.2 Å². The number of para-hydroxylation sites is 1. The molecule has 3 atom stereocenters. The molecule has 0 saturated carbocycles. The number of likely N-dealkylation sites (tertiary alicyclic amines) is 1. The van der Waals surface area contributed by atoms with Crippen LogP contribution in [-0.4, -0.2) is 30.0 Å². The van der Waals surface area contributed by atoms with E-state index in [-0.39, 0.29) is 11.9 Å². The number of thiazole rings is 1. The molecule has 2 aromatic rings. The van der Waals surface area contributed by atoms with Gasteiger partial charge in [-0.25, -0.2) is 4.98 Å². The van der Waals surface area contributed by atoms with E-state index in [0.717, 1.165) is 18.5 Å². The molecule has 3 rings (SSSR count). The topological polar surface area (TPSA) is 46.4 Å². The van der Waals surface area contributed by atoms with Gasteiger partial charge in [-0.15, -0.1) is 11.3 Å². The smallest absolute Gasteiger partial charge is 0.275 e. The number of carbonyl (C=O) groups excluding carboxylic acids is 1. The summed E-state index contributed by atoms with van der Waals surface area (Å²) in [5.74, 6) is 0.629. The van der Waals surface area contributed by atoms with Crippen molar-refractivity contribution in [3.8, 4) is 0 Å². The lowest BCUT2D eigenvalue weighted by atomic mass is 10.0. The lowest BCUT2D eigenvalue weighted by molar-refractivity contribution is -0.929. The molecule has 5 heteroatoms. The minimum absolute atomic E-state index is 0.166. The maximum Gasteiger partial charge on any atom is 0.275 e. The first-order valence-electron chi connectivity index (χ1n) is 9.04. The number of hydrogen-bond donors (Lipinski definition) is 2. The van der Waals surface area contributed by atoms with Gasteiger partial charge in [0.15, 0.2) is 11.6 Å². The summed E-state index contributed by atoms with van der Waals surface area (Å²) < 4.78 is 1.25. The van der Waals surface area contributed by atoms with Gasteiger partial charge in [0.05, 0.1) is 16.8 Å². The second-order valence-corrected chi connectivity index (χ2v) is 8.32. The first-order chi connectivity index (χ1) is 11.5. The van der Waals surface area contributed by atoms with Crippen LogP contribution in [0.3, 0.4) is 0 Å². The van der Waals surface area contributed by atoms with Gasteiger partial charge >= 0.3 is 0 Å². The summed E-state index contributed by atoms with van der Waals surface area (Å²) >= 11 is 1.79. The molecule has 1 unspecified atom stereocenters. The van der Waals surface area contributed by atoms with Crippen LogP contribution in [0, 0.1) is 5.92 Å². The van der Waals surface area contributed by atoms with E-state index in [4.69, 9.17) is 4.98 Å². The number of piperidine rings is 1. The van der Waals surface area contributed by atoms with Crippen LogP contribution in [-0.2, 0) is 4.79 Å². The highest BCUT2D eigenvalue weighted by atomic mass is 32.1. The molecule has 24 heavy (non-hydrogen) atoms. The summed E-state index contributed by atoms with van der Waals surface area (Å²) in [7, 11) is 0. The Balaban J connectivity index is 1.72. The van der Waals surface area contributed by atoms with Crippen LogP contribution in [0.5, 0.6) is 0 Å². The van der Waals surface area contributed by atoms with E-state index >= 15 is 0 Å². The Kier molecular flexibility index (Phi) is 5.51. The van der Waals surface area contributed by atoms with Crippen LogP contribution in [0.1, 0.15) is 51.1 Å². The molecule has 130 valence electrons. The predicted octanol–water partition coefficient (Wildman–Crippen LogP) is 2.57. The fourth-order valence-electron chi connectivity index (χ4n) is 3.31. The van der Waals surface area contributed by atoms with Crippen molar-refractivity contribution >= 4 is 27.5 Å². The van der Waals surface area contributed by atoms with Crippen molar-refractivity contribution in [2.24, 2.45) is 5.92 Å². The molecule has 1 aromatic carbocycles. The largest absolute Gasteiger partial charge is 0.348 e. The Labute approximate surface area is 148 Å². The van der Waals surface area contributed by atoms with E-state index in [2.05, 4.69) is 44.3 Å². The van der Waals surface area contributed by atoms with Crippen LogP contribution < -0.4 is 10.2 Å². The van der Waals surface area contributed by atoms with Crippen molar-refractivity contribution < 1.29 is 9.69 Å². The average molecular weight is 347 g/mol. The predicted molar refractivity (Wildman–Crippen MR) is 99.4 cm³/mol. The summed E-state index contributed by atoms with van der Waals surface area (Å²) in [5.41, 5.74) is 1.08. The molecule has 1 aliphatic rings. The first kappa shape index (κ1) is 17.4. The molecule has 0 bridgehead atoms. The van der Waals surface area contributed by atoms with Crippen LogP contribution in [0.25, 0.3) is 10.2 Å². The van der Waals surface area contributed by atoms with E-state index in [1.807, 2.05) is 6.07 Å². The molecule has 1 saturated heterocycles. The minimum atomic E-state index is 0.166. The third kappa shape index (κ3) is 3.95. The summed E-state index contributed by atoms with van der Waals surface area (Å²) in [6.45, 7) is 7.98. The SMILES string of the molecule is CC(C)[C@H](C)NC(=O)C[NH+]1CCCC[C@@H]1c1nc2ccccc2s1. The molecule has 1 aromatic heterocycles. The highest BCUT2D eigenvalue weighted by Gasteiger charge is 2.32. The standard InChI is InChI=1S/C19H27N3OS/c1-13(2)14(3)20-18(23)12-22-11-7-6-9-16(22)19-21-15-8-4-5-10-17(15)24-19/h4-5,8,10,13-14,16H,6-7,9,11-12H2,1-3H3,(H,20,23)/p+1/t14-,16+/m0/s1. The number of aromatic nitrogens is 1. The van der Waals surface area contributed by atoms with Gasteiger partial charge in [0.25, 0.3) is 5.91 Å². The fraction of sp³-hybridized carbons (Fsp3) is 0.579. The number of carbonyl (C=O) groups is 1. The van der Waals surface area contributed by atoms with Gasteiger partial charge in [-0.2, -0.15) is 0 Å². The molecule has 1 amide bonds. The Morgan fingerprint density at radius 2 is 2.12 bits per heavy atom. The molecule has 1 aliphatic heterocycles. The number of nitrogens with zero attached hydrogens (tertiary/aromatic N) is 1. The first-order valence-corrected chi connectivity index (χ1v) is 9.85. The van der Waals surface area contributed by atoms with E-state index in [1.54, 1.807) is 11.3 Å². The number of amides is 1. The van der Waals surface area contributed by atoms with Crippen LogP contribution >= 0.6 is 11.3 Å². The van der Waals surface area contributed by atoms with Crippen molar-refractivity contribution in [2.45, 2.75) is 52.1 Å². The maximum absolute atomic E-state index is 12.4. The number of hydrogen-bond acceptors (Lipinski definition) is 3. The molecule has 4 nitrogen and oxygen atoms in total. The zero-order chi connectivity index (χ0) is 17.1. The third-order valence-corrected chi connectivity index (χ3v) is 6.27. The van der Waals surface area contributed by atoms with E-state index in [9.17, 15) is 4.79 Å². The van der Waals surface area contributed by atoms with Gasteiger partial charge in [0, 0.05) is 12.5 Å². The summed E-state index contributed by atoms with van der Waals surface area (Å²) in [5, 5.41) is 4.34. The fourth-order valence-corrected chi connectivity index (χ4v) is 4.47. The van der Waals surface area contributed by atoms with Gasteiger partial charge in [0.1, 0.15) is 6.04 Å². The highest BCUT2D eigenvalue weighted by molar-refractivity contribution is 7.18. The summed E-state index contributed by atoms with van der Waals surface area (Å²) in [6.07, 6.45) is 3.56. The molecule has 0 aliphatic carbocycles. The second kappa shape index (κ2) is 7.62. The molecular weight excluding hydrogens is 318 g/mol. The molecule has 2 N–H and O–H groups in total. The second-order valence-electron chi connectivity index (χ2n) is 7.25. The van der Waals surface area contributed by atoms with Crippen molar-refractivity contribution in [3.05, 3.63) is 29.3 Å². The molecule has 1 fully saturated rings. The third-order valence-electron chi connectivity index (χ3n) is 5.12. The zero-order valence-corrected chi connectivity index (χ0v) is 15.7. The van der Waals surface area contributed by atoms with E-state index < -0.39 is 0 Å². The molecular formula is C19H28N3OS+. The Morgan fingerprint density at radius 3 is 2.88 bits per heavy atom. The Morgan fingerprint density at radius 1 is 1.33 bits per heavy atom. The quantitative estimate of drug-likeness (QED) is 0.874. The van der Waals surface area contributed by atoms with Gasteiger partial charge in [-0.1, -0.05) is 26.0 Å². The van der Waals surface area contributed by atoms with E-state index in [0.29, 0.717) is 18.5 Å². The number of fused-ring (bicyclic) bond motifs is 1. The Hall–Kier alpha value is -1.46. The number of quaternary nitrogens is 1. The summed E-state index contributed by atoms with van der Waals surface area (Å²) in [4.78, 5) is 18.6. The highest BCUT2D eigenvalue weighted by Crippen LogP contribution is 2.28. The van der Waals surface area contributed by atoms with Gasteiger partial charge in [-0.3, -0.25) is 4.79 Å². The number of nitrogens with one attached hydrogen (secondary N) is 2. The summed E-state index contributed by atoms with van der Waals surface area (Å²) in [6, 6.07) is 8.90. The van der Waals surface area contributed by atoms with Crippen molar-refractivity contribution in [1.29, 1.82) is 0 Å². The van der Waals surface area contributed by atoms with Crippen molar-refractivity contribution in [1.82, 2.24) is 10.3 Å². The maximum atomic E-state index is 12.4. The average Bonchev–Trinajstić information content (AvgIpc) is 2.98. The molecule has 0 radical (unpaired) electrons. The Bertz CT molecular complexity index is 664. The lowest BCUT2D eigenvalue weighted by Crippen LogP contribution is -3.14. The molecule has 2 heterocycles. The monoisotopic (exact) mass is 346 g/mol. The van der Waals surface area contributed by atoms with Crippen LogP contribution in [0.2, 0.25) is 0 Å². The van der Waals surface area contributed by atoms with Crippen LogP contribution in [0.4, 0.5) is 0 Å². The number of rotatable bonds is 5. The minimum Gasteiger partial charge on any atom is -0.348 e. The van der Waals surface area contributed by atoms with Gasteiger partial charge in [-0.05, 0) is 37.8 Å². The zero-order valence-electron chi connectivity index (χ0n) is 14.8. The van der Waals surface area contributed by atoms with Crippen molar-refractivity contribution in [2.75, 3.05) is 13.1 Å². The van der Waals surface area contributed by atoms with Gasteiger partial charge in [0.2, 0.25) is 0 Å². The molecule has 0 spiro atoms. The van der Waals surface area contributed by atoms with E-state index in [1.165, 1.54) is 27.4 Å². The normalized spacial score (nSPS) is 22.7. The van der Waals surface area contributed by atoms with Crippen LogP contribution in [0.15, 0.2) is 24.3 Å².